The number of hydrogen-bond acceptors (Lipinski definition) is 3. The van der Waals surface area contributed by atoms with Crippen LogP contribution in [0, 0.1) is 5.82 Å². The molecule has 0 spiro atoms. The van der Waals surface area contributed by atoms with Crippen molar-refractivity contribution in [2.45, 2.75) is 44.3 Å². The molecule has 2 fully saturated rings. The molecular formula is C20H18ClFN4O. The van der Waals surface area contributed by atoms with Crippen LogP contribution in [0.4, 0.5) is 4.39 Å². The number of imidazole rings is 1. The Morgan fingerprint density at radius 2 is 2.07 bits per heavy atom. The first-order valence-corrected chi connectivity index (χ1v) is 9.56. The van der Waals surface area contributed by atoms with E-state index in [4.69, 9.17) is 11.6 Å². The first-order chi connectivity index (χ1) is 13.1. The fourth-order valence-corrected chi connectivity index (χ4v) is 3.65. The molecule has 2 aliphatic carbocycles. The quantitative estimate of drug-likeness (QED) is 0.656. The van der Waals surface area contributed by atoms with E-state index in [2.05, 4.69) is 14.5 Å². The first kappa shape index (κ1) is 16.7. The highest BCUT2D eigenvalue weighted by Crippen LogP contribution is 2.37. The van der Waals surface area contributed by atoms with Crippen molar-refractivity contribution < 1.29 is 9.18 Å². The molecule has 0 N–H and O–H groups in total. The van der Waals surface area contributed by atoms with E-state index in [1.165, 1.54) is 6.07 Å². The number of rotatable bonds is 5. The molecule has 27 heavy (non-hydrogen) atoms. The number of pyridine rings is 1. The van der Waals surface area contributed by atoms with E-state index in [9.17, 15) is 9.18 Å². The van der Waals surface area contributed by atoms with E-state index in [-0.39, 0.29) is 18.5 Å². The maximum absolute atomic E-state index is 14.2. The van der Waals surface area contributed by atoms with Gasteiger partial charge in [-0.05, 0) is 43.9 Å². The molecule has 1 amide bonds. The van der Waals surface area contributed by atoms with Gasteiger partial charge in [0, 0.05) is 28.9 Å². The zero-order chi connectivity index (χ0) is 18.5. The number of carbonyl (C=O) groups is 1. The lowest BCUT2D eigenvalue weighted by atomic mass is 10.1. The van der Waals surface area contributed by atoms with Crippen LogP contribution in [0.1, 0.15) is 47.6 Å². The Bertz CT molecular complexity index is 1020. The van der Waals surface area contributed by atoms with Gasteiger partial charge >= 0.3 is 0 Å². The minimum absolute atomic E-state index is 0.118. The molecule has 5 rings (SSSR count). The van der Waals surface area contributed by atoms with Crippen LogP contribution in [0.2, 0.25) is 5.02 Å². The van der Waals surface area contributed by atoms with Gasteiger partial charge in [0.1, 0.15) is 11.3 Å². The van der Waals surface area contributed by atoms with Crippen molar-refractivity contribution >= 4 is 28.7 Å². The van der Waals surface area contributed by atoms with Gasteiger partial charge in [-0.2, -0.15) is 0 Å². The molecule has 138 valence electrons. The smallest absolute Gasteiger partial charge is 0.256 e. The van der Waals surface area contributed by atoms with Crippen LogP contribution in [-0.4, -0.2) is 31.4 Å². The molecule has 0 radical (unpaired) electrons. The summed E-state index contributed by atoms with van der Waals surface area (Å²) >= 11 is 6.16. The van der Waals surface area contributed by atoms with E-state index in [1.54, 1.807) is 35.6 Å². The topological polar surface area (TPSA) is 51.0 Å². The zero-order valence-electron chi connectivity index (χ0n) is 14.6. The van der Waals surface area contributed by atoms with E-state index in [0.717, 1.165) is 31.3 Å². The summed E-state index contributed by atoms with van der Waals surface area (Å²) < 4.78 is 16.3. The molecule has 2 heterocycles. The van der Waals surface area contributed by atoms with Gasteiger partial charge in [0.2, 0.25) is 0 Å². The molecule has 0 atom stereocenters. The first-order valence-electron chi connectivity index (χ1n) is 9.18. The lowest BCUT2D eigenvalue weighted by Gasteiger charge is -2.23. The van der Waals surface area contributed by atoms with Crippen molar-refractivity contribution in [3.05, 3.63) is 58.8 Å². The van der Waals surface area contributed by atoms with Gasteiger partial charge in [0.15, 0.2) is 5.65 Å². The highest BCUT2D eigenvalue weighted by Gasteiger charge is 2.34. The highest BCUT2D eigenvalue weighted by molar-refractivity contribution is 6.31. The normalized spacial score (nSPS) is 16.7. The number of amides is 1. The maximum Gasteiger partial charge on any atom is 0.256 e. The number of fused-ring (bicyclic) bond motifs is 1. The van der Waals surface area contributed by atoms with Gasteiger partial charge in [-0.3, -0.25) is 4.79 Å². The standard InChI is InChI=1S/C20H18ClFN4O/c21-16-2-1-3-17(22)15(16)10-25(13-4-5-13)20(27)12-8-18-19(23-9-12)26(11-24-18)14-6-7-14/h1-3,8-9,11,13-14H,4-7,10H2. The molecule has 7 heteroatoms. The van der Waals surface area contributed by atoms with Crippen molar-refractivity contribution in [3.8, 4) is 0 Å². The third kappa shape index (κ3) is 3.08. The Hall–Kier alpha value is -2.47. The summed E-state index contributed by atoms with van der Waals surface area (Å²) in [6.07, 6.45) is 7.53. The molecule has 2 saturated carbocycles. The minimum atomic E-state index is -0.391. The van der Waals surface area contributed by atoms with Crippen LogP contribution in [0.15, 0.2) is 36.8 Å². The predicted molar refractivity (Wildman–Crippen MR) is 100 cm³/mol. The van der Waals surface area contributed by atoms with Crippen molar-refractivity contribution in [2.75, 3.05) is 0 Å². The number of carbonyl (C=O) groups excluding carboxylic acids is 1. The van der Waals surface area contributed by atoms with E-state index in [0.29, 0.717) is 27.7 Å². The van der Waals surface area contributed by atoms with Gasteiger partial charge in [-0.15, -0.1) is 0 Å². The van der Waals surface area contributed by atoms with Gasteiger partial charge < -0.3 is 9.47 Å². The van der Waals surface area contributed by atoms with Crippen molar-refractivity contribution in [1.82, 2.24) is 19.4 Å². The molecule has 3 aromatic rings. The van der Waals surface area contributed by atoms with Crippen LogP contribution in [0.5, 0.6) is 0 Å². The minimum Gasteiger partial charge on any atom is -0.331 e. The summed E-state index contributed by atoms with van der Waals surface area (Å²) in [6.45, 7) is 0.156. The van der Waals surface area contributed by atoms with Crippen LogP contribution in [-0.2, 0) is 6.54 Å². The average Bonchev–Trinajstić information content (AvgIpc) is 3.59. The lowest BCUT2D eigenvalue weighted by Crippen LogP contribution is -2.33. The summed E-state index contributed by atoms with van der Waals surface area (Å²) in [5.41, 5.74) is 2.35. The third-order valence-electron chi connectivity index (χ3n) is 5.24. The summed E-state index contributed by atoms with van der Waals surface area (Å²) in [6, 6.07) is 6.96. The number of aromatic nitrogens is 3. The van der Waals surface area contributed by atoms with Gasteiger partial charge in [0.25, 0.3) is 5.91 Å². The van der Waals surface area contributed by atoms with Crippen LogP contribution < -0.4 is 0 Å². The van der Waals surface area contributed by atoms with Gasteiger partial charge in [0.05, 0.1) is 18.4 Å². The monoisotopic (exact) mass is 384 g/mol. The Balaban J connectivity index is 1.46. The second kappa shape index (κ2) is 6.30. The second-order valence-electron chi connectivity index (χ2n) is 7.31. The van der Waals surface area contributed by atoms with Gasteiger partial charge in [-0.1, -0.05) is 17.7 Å². The summed E-state index contributed by atoms with van der Waals surface area (Å²) in [5.74, 6) is -0.551. The Labute approximate surface area is 160 Å². The molecule has 5 nitrogen and oxygen atoms in total. The van der Waals surface area contributed by atoms with E-state index >= 15 is 0 Å². The number of nitrogens with zero attached hydrogens (tertiary/aromatic N) is 4. The second-order valence-corrected chi connectivity index (χ2v) is 7.72. The molecule has 1 aromatic carbocycles. The zero-order valence-corrected chi connectivity index (χ0v) is 15.4. The van der Waals surface area contributed by atoms with Gasteiger partial charge in [-0.25, -0.2) is 14.4 Å². The van der Waals surface area contributed by atoms with Crippen LogP contribution >= 0.6 is 11.6 Å². The van der Waals surface area contributed by atoms with E-state index in [1.807, 2.05) is 0 Å². The molecule has 2 aromatic heterocycles. The fourth-order valence-electron chi connectivity index (χ4n) is 3.43. The highest BCUT2D eigenvalue weighted by atomic mass is 35.5. The number of halogens is 2. The molecule has 0 unspecified atom stereocenters. The predicted octanol–water partition coefficient (Wildman–Crippen LogP) is 4.36. The number of hydrogen-bond donors (Lipinski definition) is 0. The summed E-state index contributed by atoms with van der Waals surface area (Å²) in [7, 11) is 0. The average molecular weight is 385 g/mol. The molecule has 0 aliphatic heterocycles. The lowest BCUT2D eigenvalue weighted by molar-refractivity contribution is 0.0728. The van der Waals surface area contributed by atoms with Crippen molar-refractivity contribution in [2.24, 2.45) is 0 Å². The molecule has 0 bridgehead atoms. The van der Waals surface area contributed by atoms with Crippen molar-refractivity contribution in [1.29, 1.82) is 0 Å². The summed E-state index contributed by atoms with van der Waals surface area (Å²) in [5, 5.41) is 0.338. The third-order valence-corrected chi connectivity index (χ3v) is 5.59. The molecule has 2 aliphatic rings. The number of benzene rings is 1. The van der Waals surface area contributed by atoms with Crippen molar-refractivity contribution in [3.63, 3.8) is 0 Å². The fraction of sp³-hybridized carbons (Fsp3) is 0.350. The Kier molecular flexibility index (Phi) is 3.90. The largest absolute Gasteiger partial charge is 0.331 e. The molecule has 0 saturated heterocycles. The molecular weight excluding hydrogens is 367 g/mol. The van der Waals surface area contributed by atoms with Crippen LogP contribution in [0.25, 0.3) is 11.2 Å². The van der Waals surface area contributed by atoms with E-state index < -0.39 is 5.82 Å². The Morgan fingerprint density at radius 1 is 1.26 bits per heavy atom. The SMILES string of the molecule is O=C(c1cnc2c(c1)ncn2C1CC1)N(Cc1c(F)cccc1Cl)C1CC1. The van der Waals surface area contributed by atoms with Crippen LogP contribution in [0.3, 0.4) is 0 Å². The Morgan fingerprint density at radius 3 is 2.78 bits per heavy atom. The summed E-state index contributed by atoms with van der Waals surface area (Å²) in [4.78, 5) is 23.7. The maximum atomic E-state index is 14.2.